The van der Waals surface area contributed by atoms with Crippen molar-refractivity contribution in [3.63, 3.8) is 0 Å². The normalized spacial score (nSPS) is 10.7. The van der Waals surface area contributed by atoms with E-state index in [4.69, 9.17) is 4.42 Å². The molecule has 0 atom stereocenters. The van der Waals surface area contributed by atoms with Crippen molar-refractivity contribution in [2.75, 3.05) is 13.1 Å². The first-order valence-corrected chi connectivity index (χ1v) is 5.59. The minimum Gasteiger partial charge on any atom is -0.421 e. The summed E-state index contributed by atoms with van der Waals surface area (Å²) in [6.45, 7) is 3.70. The molecule has 0 bridgehead atoms. The fourth-order valence-corrected chi connectivity index (χ4v) is 1.47. The topological polar surface area (TPSA) is 51.0 Å². The van der Waals surface area contributed by atoms with Crippen molar-refractivity contribution in [2.24, 2.45) is 0 Å². The van der Waals surface area contributed by atoms with E-state index in [2.05, 4.69) is 15.5 Å². The summed E-state index contributed by atoms with van der Waals surface area (Å²) >= 11 is 0. The summed E-state index contributed by atoms with van der Waals surface area (Å²) in [4.78, 5) is 0. The molecule has 0 aliphatic carbocycles. The fraction of sp³-hybridized carbons (Fsp3) is 0.333. The van der Waals surface area contributed by atoms with Crippen molar-refractivity contribution in [2.45, 2.75) is 13.3 Å². The average molecular weight is 235 g/mol. The van der Waals surface area contributed by atoms with Gasteiger partial charge in [-0.3, -0.25) is 0 Å². The van der Waals surface area contributed by atoms with Gasteiger partial charge in [-0.2, -0.15) is 0 Å². The van der Waals surface area contributed by atoms with Crippen LogP contribution in [-0.2, 0) is 6.42 Å². The van der Waals surface area contributed by atoms with Crippen molar-refractivity contribution in [3.05, 3.63) is 36.0 Å². The van der Waals surface area contributed by atoms with Crippen LogP contribution >= 0.6 is 0 Å². The Morgan fingerprint density at radius 2 is 2.12 bits per heavy atom. The quantitative estimate of drug-likeness (QED) is 0.806. The number of rotatable bonds is 5. The molecule has 0 aliphatic rings. The van der Waals surface area contributed by atoms with Crippen LogP contribution in [0.3, 0.4) is 0 Å². The maximum atomic E-state index is 13.5. The minimum absolute atomic E-state index is 0.231. The molecule has 17 heavy (non-hydrogen) atoms. The van der Waals surface area contributed by atoms with Gasteiger partial charge in [-0.15, -0.1) is 10.2 Å². The summed E-state index contributed by atoms with van der Waals surface area (Å²) in [6.07, 6.45) is 0.648. The number of aromatic nitrogens is 2. The standard InChI is InChI=1S/C12H14FN3O/c1-2-14-8-7-11-15-16-12(17-11)9-5-3-4-6-10(9)13/h3-6,14H,2,7-8H2,1H3. The Bertz CT molecular complexity index is 484. The Kier molecular flexibility index (Phi) is 3.82. The molecule has 2 rings (SSSR count). The first kappa shape index (κ1) is 11.7. The SMILES string of the molecule is CCNCCc1nnc(-c2ccccc2F)o1. The van der Waals surface area contributed by atoms with Crippen LogP contribution < -0.4 is 5.32 Å². The van der Waals surface area contributed by atoms with Crippen LogP contribution in [0.25, 0.3) is 11.5 Å². The molecule has 0 saturated carbocycles. The molecule has 90 valence electrons. The van der Waals surface area contributed by atoms with E-state index in [1.54, 1.807) is 18.2 Å². The number of benzene rings is 1. The monoisotopic (exact) mass is 235 g/mol. The van der Waals surface area contributed by atoms with Gasteiger partial charge in [0.25, 0.3) is 5.89 Å². The molecular formula is C12H14FN3O. The Morgan fingerprint density at radius 3 is 2.88 bits per heavy atom. The van der Waals surface area contributed by atoms with Gasteiger partial charge in [0, 0.05) is 13.0 Å². The fourth-order valence-electron chi connectivity index (χ4n) is 1.47. The van der Waals surface area contributed by atoms with Gasteiger partial charge in [-0.05, 0) is 18.7 Å². The number of hydrogen-bond donors (Lipinski definition) is 1. The van der Waals surface area contributed by atoms with Crippen molar-refractivity contribution in [1.82, 2.24) is 15.5 Å². The van der Waals surface area contributed by atoms with E-state index >= 15 is 0 Å². The molecule has 1 heterocycles. The minimum atomic E-state index is -0.352. The van der Waals surface area contributed by atoms with E-state index in [0.717, 1.165) is 13.1 Å². The second kappa shape index (κ2) is 5.54. The Labute approximate surface area is 98.9 Å². The van der Waals surface area contributed by atoms with Crippen LogP contribution in [0.5, 0.6) is 0 Å². The molecule has 0 unspecified atom stereocenters. The summed E-state index contributed by atoms with van der Waals surface area (Å²) in [6, 6.07) is 6.36. The van der Waals surface area contributed by atoms with E-state index in [1.165, 1.54) is 6.07 Å². The molecule has 0 amide bonds. The van der Waals surface area contributed by atoms with Gasteiger partial charge in [0.15, 0.2) is 0 Å². The zero-order chi connectivity index (χ0) is 12.1. The van der Waals surface area contributed by atoms with E-state index in [0.29, 0.717) is 17.9 Å². The van der Waals surface area contributed by atoms with Gasteiger partial charge in [-0.1, -0.05) is 19.1 Å². The number of nitrogens with zero attached hydrogens (tertiary/aromatic N) is 2. The number of halogens is 1. The largest absolute Gasteiger partial charge is 0.421 e. The molecule has 0 radical (unpaired) electrons. The molecule has 1 aromatic heterocycles. The van der Waals surface area contributed by atoms with Crippen LogP contribution in [0.4, 0.5) is 4.39 Å². The third-order valence-electron chi connectivity index (χ3n) is 2.34. The molecule has 0 aliphatic heterocycles. The lowest BCUT2D eigenvalue weighted by Gasteiger charge is -1.97. The third-order valence-corrected chi connectivity index (χ3v) is 2.34. The van der Waals surface area contributed by atoms with Crippen molar-refractivity contribution >= 4 is 0 Å². The average Bonchev–Trinajstić information content (AvgIpc) is 2.79. The van der Waals surface area contributed by atoms with Gasteiger partial charge < -0.3 is 9.73 Å². The van der Waals surface area contributed by atoms with Crippen LogP contribution in [0.15, 0.2) is 28.7 Å². The van der Waals surface area contributed by atoms with Crippen molar-refractivity contribution in [3.8, 4) is 11.5 Å². The zero-order valence-electron chi connectivity index (χ0n) is 9.61. The highest BCUT2D eigenvalue weighted by atomic mass is 19.1. The first-order valence-electron chi connectivity index (χ1n) is 5.59. The molecule has 1 aromatic carbocycles. The third kappa shape index (κ3) is 2.88. The maximum absolute atomic E-state index is 13.5. The number of hydrogen-bond acceptors (Lipinski definition) is 4. The summed E-state index contributed by atoms with van der Waals surface area (Å²) in [5.41, 5.74) is 0.342. The first-order chi connectivity index (χ1) is 8.31. The Morgan fingerprint density at radius 1 is 1.29 bits per heavy atom. The highest BCUT2D eigenvalue weighted by Gasteiger charge is 2.11. The lowest BCUT2D eigenvalue weighted by atomic mass is 10.2. The second-order valence-corrected chi connectivity index (χ2v) is 3.58. The summed E-state index contributed by atoms with van der Waals surface area (Å²) < 4.78 is 18.8. The molecular weight excluding hydrogens is 221 g/mol. The predicted octanol–water partition coefficient (Wildman–Crippen LogP) is 2.03. The highest BCUT2D eigenvalue weighted by molar-refractivity contribution is 5.53. The van der Waals surface area contributed by atoms with Gasteiger partial charge in [-0.25, -0.2) is 4.39 Å². The van der Waals surface area contributed by atoms with Crippen LogP contribution in [0.1, 0.15) is 12.8 Å². The van der Waals surface area contributed by atoms with Crippen LogP contribution in [0.2, 0.25) is 0 Å². The van der Waals surface area contributed by atoms with Gasteiger partial charge in [0.2, 0.25) is 5.89 Å². The molecule has 0 spiro atoms. The molecule has 0 saturated heterocycles. The van der Waals surface area contributed by atoms with Crippen molar-refractivity contribution in [1.29, 1.82) is 0 Å². The van der Waals surface area contributed by atoms with Crippen LogP contribution in [0, 0.1) is 5.82 Å². The van der Waals surface area contributed by atoms with E-state index < -0.39 is 0 Å². The molecule has 5 heteroatoms. The van der Waals surface area contributed by atoms with Gasteiger partial charge >= 0.3 is 0 Å². The Hall–Kier alpha value is -1.75. The molecule has 2 aromatic rings. The second-order valence-electron chi connectivity index (χ2n) is 3.58. The van der Waals surface area contributed by atoms with Crippen molar-refractivity contribution < 1.29 is 8.81 Å². The van der Waals surface area contributed by atoms with E-state index in [1.807, 2.05) is 6.92 Å². The van der Waals surface area contributed by atoms with Gasteiger partial charge in [0.1, 0.15) is 5.82 Å². The molecule has 4 nitrogen and oxygen atoms in total. The molecule has 0 fully saturated rings. The zero-order valence-corrected chi connectivity index (χ0v) is 9.61. The summed E-state index contributed by atoms with van der Waals surface area (Å²) in [7, 11) is 0. The lowest BCUT2D eigenvalue weighted by Crippen LogP contribution is -2.16. The van der Waals surface area contributed by atoms with Gasteiger partial charge in [0.05, 0.1) is 5.56 Å². The maximum Gasteiger partial charge on any atom is 0.250 e. The highest BCUT2D eigenvalue weighted by Crippen LogP contribution is 2.20. The predicted molar refractivity (Wildman–Crippen MR) is 61.9 cm³/mol. The summed E-state index contributed by atoms with van der Waals surface area (Å²) in [5.74, 6) is 0.396. The van der Waals surface area contributed by atoms with E-state index in [9.17, 15) is 4.39 Å². The number of likely N-dealkylation sites (N-methyl/N-ethyl adjacent to an activating group) is 1. The molecule has 1 N–H and O–H groups in total. The van der Waals surface area contributed by atoms with Crippen LogP contribution in [-0.4, -0.2) is 23.3 Å². The number of nitrogens with one attached hydrogen (secondary N) is 1. The smallest absolute Gasteiger partial charge is 0.250 e. The van der Waals surface area contributed by atoms with E-state index in [-0.39, 0.29) is 11.7 Å². The Balaban J connectivity index is 2.10. The lowest BCUT2D eigenvalue weighted by molar-refractivity contribution is 0.493. The summed E-state index contributed by atoms with van der Waals surface area (Å²) in [5, 5.41) is 10.9.